The van der Waals surface area contributed by atoms with Crippen molar-refractivity contribution in [2.75, 3.05) is 26.7 Å². The van der Waals surface area contributed by atoms with Gasteiger partial charge in [-0.2, -0.15) is 4.31 Å². The van der Waals surface area contributed by atoms with Crippen molar-refractivity contribution in [3.8, 4) is 0 Å². The molecule has 1 aliphatic carbocycles. The van der Waals surface area contributed by atoms with E-state index < -0.39 is 10.0 Å². The van der Waals surface area contributed by atoms with Crippen molar-refractivity contribution in [2.45, 2.75) is 42.5 Å². The van der Waals surface area contributed by atoms with Gasteiger partial charge in [-0.05, 0) is 48.9 Å². The van der Waals surface area contributed by atoms with Gasteiger partial charge < -0.3 is 10.6 Å². The molecule has 0 radical (unpaired) electrons. The predicted octanol–water partition coefficient (Wildman–Crippen LogP) is 3.49. The summed E-state index contributed by atoms with van der Waals surface area (Å²) in [5, 5.41) is 6.78. The van der Waals surface area contributed by atoms with Crippen LogP contribution in [0.2, 0.25) is 0 Å². The minimum atomic E-state index is -3.36. The molecule has 0 spiro atoms. The monoisotopic (exact) mass is 554 g/mol. The Labute approximate surface area is 202 Å². The van der Waals surface area contributed by atoms with E-state index in [-0.39, 0.29) is 29.4 Å². The third-order valence-electron chi connectivity index (χ3n) is 6.14. The summed E-state index contributed by atoms with van der Waals surface area (Å²) in [6, 6.07) is 17.8. The minimum absolute atomic E-state index is 0. The largest absolute Gasteiger partial charge is 0.356 e. The molecule has 4 rings (SSSR count). The highest BCUT2D eigenvalue weighted by atomic mass is 127. The first-order chi connectivity index (χ1) is 14.5. The highest BCUT2D eigenvalue weighted by Gasteiger charge is 2.44. The molecule has 2 aromatic rings. The molecule has 2 aromatic carbocycles. The minimum Gasteiger partial charge on any atom is -0.356 e. The fraction of sp³-hybridized carbons (Fsp3) is 0.435. The van der Waals surface area contributed by atoms with E-state index >= 15 is 0 Å². The van der Waals surface area contributed by atoms with Crippen LogP contribution in [0, 0.1) is 0 Å². The van der Waals surface area contributed by atoms with Crippen LogP contribution in [0.4, 0.5) is 0 Å². The van der Waals surface area contributed by atoms with Crippen LogP contribution in [0.3, 0.4) is 0 Å². The van der Waals surface area contributed by atoms with Crippen LogP contribution >= 0.6 is 24.0 Å². The second-order valence-corrected chi connectivity index (χ2v) is 10.1. The molecule has 1 saturated heterocycles. The van der Waals surface area contributed by atoms with Crippen LogP contribution < -0.4 is 10.6 Å². The second-order valence-electron chi connectivity index (χ2n) is 8.18. The maximum absolute atomic E-state index is 12.6. The van der Waals surface area contributed by atoms with Crippen molar-refractivity contribution < 1.29 is 8.42 Å². The molecular formula is C23H31IN4O2S. The smallest absolute Gasteiger partial charge is 0.243 e. The van der Waals surface area contributed by atoms with E-state index in [9.17, 15) is 8.42 Å². The van der Waals surface area contributed by atoms with Gasteiger partial charge in [0.15, 0.2) is 5.96 Å². The van der Waals surface area contributed by atoms with Gasteiger partial charge in [0.05, 0.1) is 4.90 Å². The number of hydrogen-bond acceptors (Lipinski definition) is 3. The van der Waals surface area contributed by atoms with Gasteiger partial charge in [0, 0.05) is 38.6 Å². The van der Waals surface area contributed by atoms with Gasteiger partial charge >= 0.3 is 0 Å². The van der Waals surface area contributed by atoms with Gasteiger partial charge in [0.25, 0.3) is 0 Å². The van der Waals surface area contributed by atoms with E-state index in [4.69, 9.17) is 0 Å². The normalized spacial score (nSPS) is 18.3. The zero-order valence-corrected chi connectivity index (χ0v) is 21.0. The third-order valence-corrected chi connectivity index (χ3v) is 8.06. The Kier molecular flexibility index (Phi) is 7.98. The Hall–Kier alpha value is -1.65. The summed E-state index contributed by atoms with van der Waals surface area (Å²) < 4.78 is 26.9. The number of sulfonamides is 1. The van der Waals surface area contributed by atoms with Crippen LogP contribution in [0.5, 0.6) is 0 Å². The molecule has 168 valence electrons. The van der Waals surface area contributed by atoms with Gasteiger partial charge in [-0.3, -0.25) is 4.99 Å². The summed E-state index contributed by atoms with van der Waals surface area (Å²) >= 11 is 0. The summed E-state index contributed by atoms with van der Waals surface area (Å²) in [6.45, 7) is 2.68. The molecule has 31 heavy (non-hydrogen) atoms. The molecule has 0 bridgehead atoms. The maximum atomic E-state index is 12.6. The Morgan fingerprint density at radius 1 is 1.00 bits per heavy atom. The summed E-state index contributed by atoms with van der Waals surface area (Å²) in [5.74, 6) is 0.756. The van der Waals surface area contributed by atoms with Crippen molar-refractivity contribution in [3.05, 3.63) is 65.7 Å². The molecule has 2 N–H and O–H groups in total. The Morgan fingerprint density at radius 2 is 1.65 bits per heavy atom. The third kappa shape index (κ3) is 5.59. The number of benzene rings is 2. The lowest BCUT2D eigenvalue weighted by Gasteiger charge is -2.19. The van der Waals surface area contributed by atoms with E-state index in [2.05, 4.69) is 46.0 Å². The first-order valence-electron chi connectivity index (χ1n) is 10.6. The van der Waals surface area contributed by atoms with E-state index in [0.29, 0.717) is 24.5 Å². The molecule has 1 heterocycles. The van der Waals surface area contributed by atoms with E-state index in [1.165, 1.54) is 18.4 Å². The molecule has 1 saturated carbocycles. The molecule has 2 fully saturated rings. The van der Waals surface area contributed by atoms with Crippen LogP contribution in [-0.4, -0.2) is 45.4 Å². The molecule has 1 aliphatic heterocycles. The van der Waals surface area contributed by atoms with Gasteiger partial charge in [-0.25, -0.2) is 8.42 Å². The standard InChI is InChI=1S/C23H30N4O2S.HI/c1-24-22(26-18-23(13-14-23)20-7-3-2-4-8-20)25-17-19-9-11-21(12-10-19)30(28,29)27-15-5-6-16-27;/h2-4,7-12H,5-6,13-18H2,1H3,(H2,24,25,26);1H. The second kappa shape index (κ2) is 10.3. The highest BCUT2D eigenvalue weighted by Crippen LogP contribution is 2.47. The fourth-order valence-electron chi connectivity index (χ4n) is 4.03. The van der Waals surface area contributed by atoms with Crippen molar-refractivity contribution in [1.29, 1.82) is 0 Å². The molecule has 0 atom stereocenters. The van der Waals surface area contributed by atoms with E-state index in [1.54, 1.807) is 23.5 Å². The van der Waals surface area contributed by atoms with Crippen LogP contribution in [0.1, 0.15) is 36.8 Å². The number of guanidine groups is 1. The van der Waals surface area contributed by atoms with Crippen molar-refractivity contribution in [1.82, 2.24) is 14.9 Å². The van der Waals surface area contributed by atoms with Gasteiger partial charge in [-0.15, -0.1) is 24.0 Å². The summed E-state index contributed by atoms with van der Waals surface area (Å²) in [6.07, 6.45) is 4.26. The number of aliphatic imine (C=N–C) groups is 1. The predicted molar refractivity (Wildman–Crippen MR) is 135 cm³/mol. The summed E-state index contributed by atoms with van der Waals surface area (Å²) in [7, 11) is -1.59. The number of nitrogens with zero attached hydrogens (tertiary/aromatic N) is 2. The lowest BCUT2D eigenvalue weighted by atomic mass is 9.96. The molecular weight excluding hydrogens is 523 g/mol. The molecule has 8 heteroatoms. The SMILES string of the molecule is CN=C(NCc1ccc(S(=O)(=O)N2CCCC2)cc1)NCC1(c2ccccc2)CC1.I. The first kappa shape index (κ1) is 24.0. The van der Waals surface area contributed by atoms with Crippen LogP contribution in [0.25, 0.3) is 0 Å². The van der Waals surface area contributed by atoms with Gasteiger partial charge in [0.2, 0.25) is 10.0 Å². The van der Waals surface area contributed by atoms with Gasteiger partial charge in [0.1, 0.15) is 0 Å². The maximum Gasteiger partial charge on any atom is 0.243 e. The molecule has 6 nitrogen and oxygen atoms in total. The van der Waals surface area contributed by atoms with E-state index in [1.807, 2.05) is 12.1 Å². The number of rotatable bonds is 7. The quantitative estimate of drug-likeness (QED) is 0.313. The van der Waals surface area contributed by atoms with Crippen molar-refractivity contribution in [2.24, 2.45) is 4.99 Å². The molecule has 0 amide bonds. The van der Waals surface area contributed by atoms with Crippen molar-refractivity contribution in [3.63, 3.8) is 0 Å². The Morgan fingerprint density at radius 3 is 2.23 bits per heavy atom. The fourth-order valence-corrected chi connectivity index (χ4v) is 5.54. The number of hydrogen-bond donors (Lipinski definition) is 2. The molecule has 2 aliphatic rings. The van der Waals surface area contributed by atoms with Crippen molar-refractivity contribution >= 4 is 40.0 Å². The van der Waals surface area contributed by atoms with Gasteiger partial charge in [-0.1, -0.05) is 42.5 Å². The van der Waals surface area contributed by atoms with Crippen LogP contribution in [-0.2, 0) is 22.0 Å². The zero-order chi connectivity index (χ0) is 21.0. The first-order valence-corrected chi connectivity index (χ1v) is 12.1. The lowest BCUT2D eigenvalue weighted by molar-refractivity contribution is 0.477. The van der Waals surface area contributed by atoms with Crippen LogP contribution in [0.15, 0.2) is 64.5 Å². The summed E-state index contributed by atoms with van der Waals surface area (Å²) in [4.78, 5) is 4.70. The number of halogens is 1. The Bertz CT molecular complexity index is 984. The highest BCUT2D eigenvalue weighted by molar-refractivity contribution is 14.0. The summed E-state index contributed by atoms with van der Waals surface area (Å²) in [5.41, 5.74) is 2.61. The lowest BCUT2D eigenvalue weighted by Crippen LogP contribution is -2.40. The average Bonchev–Trinajstić information content (AvgIpc) is 3.36. The number of nitrogens with one attached hydrogen (secondary N) is 2. The topological polar surface area (TPSA) is 73.8 Å². The zero-order valence-electron chi connectivity index (χ0n) is 17.9. The molecule has 0 aromatic heterocycles. The Balaban J connectivity index is 0.00000272. The average molecular weight is 554 g/mol. The molecule has 0 unspecified atom stereocenters. The van der Waals surface area contributed by atoms with E-state index in [0.717, 1.165) is 30.9 Å².